The minimum Gasteiger partial charge on any atom is -0.465 e. The lowest BCUT2D eigenvalue weighted by Crippen LogP contribution is -2.39. The number of esters is 1. The van der Waals surface area contributed by atoms with E-state index < -0.39 is 6.04 Å². The Bertz CT molecular complexity index is 890. The van der Waals surface area contributed by atoms with Gasteiger partial charge in [0.15, 0.2) is 0 Å². The number of benzene rings is 1. The predicted octanol–water partition coefficient (Wildman–Crippen LogP) is 4.13. The summed E-state index contributed by atoms with van der Waals surface area (Å²) in [6, 6.07) is 8.67. The highest BCUT2D eigenvalue weighted by molar-refractivity contribution is 6.34. The summed E-state index contributed by atoms with van der Waals surface area (Å²) in [5, 5.41) is 5.39. The van der Waals surface area contributed by atoms with Crippen molar-refractivity contribution in [3.05, 3.63) is 63.9 Å². The van der Waals surface area contributed by atoms with E-state index in [2.05, 4.69) is 15.3 Å². The molecule has 2 N–H and O–H groups in total. The van der Waals surface area contributed by atoms with Gasteiger partial charge >= 0.3 is 5.97 Å². The van der Waals surface area contributed by atoms with E-state index in [1.807, 2.05) is 18.3 Å². The Morgan fingerprint density at radius 3 is 2.77 bits per heavy atom. The predicted molar refractivity (Wildman–Crippen MR) is 104 cm³/mol. The summed E-state index contributed by atoms with van der Waals surface area (Å²) in [5.41, 5.74) is 2.74. The second-order valence-electron chi connectivity index (χ2n) is 5.88. The zero-order valence-corrected chi connectivity index (χ0v) is 15.8. The third-order valence-corrected chi connectivity index (χ3v) is 4.46. The van der Waals surface area contributed by atoms with Crippen LogP contribution in [-0.4, -0.2) is 28.6 Å². The largest absolute Gasteiger partial charge is 0.465 e. The van der Waals surface area contributed by atoms with Gasteiger partial charge in [0.05, 0.1) is 6.61 Å². The molecular formula is C19H19Cl2N3O2. The summed E-state index contributed by atoms with van der Waals surface area (Å²) >= 11 is 12.1. The highest BCUT2D eigenvalue weighted by Crippen LogP contribution is 2.21. The first-order chi connectivity index (χ1) is 12.6. The number of nitrogens with zero attached hydrogens (tertiary/aromatic N) is 1. The second kappa shape index (κ2) is 8.54. The van der Waals surface area contributed by atoms with Gasteiger partial charge in [0.1, 0.15) is 11.7 Å². The maximum absolute atomic E-state index is 12.4. The lowest BCUT2D eigenvalue weighted by molar-refractivity contribution is -0.145. The van der Waals surface area contributed by atoms with Crippen LogP contribution >= 0.6 is 23.2 Å². The van der Waals surface area contributed by atoms with E-state index in [4.69, 9.17) is 27.9 Å². The molecule has 3 rings (SSSR count). The number of carbonyl (C=O) groups excluding carboxylic acids is 1. The second-order valence-corrected chi connectivity index (χ2v) is 6.75. The summed E-state index contributed by atoms with van der Waals surface area (Å²) < 4.78 is 5.21. The average molecular weight is 392 g/mol. The van der Waals surface area contributed by atoms with Crippen LogP contribution < -0.4 is 5.32 Å². The Hall–Kier alpha value is -2.08. The molecule has 7 heteroatoms. The molecule has 0 bridgehead atoms. The number of pyridine rings is 1. The maximum Gasteiger partial charge on any atom is 0.323 e. The molecular weight excluding hydrogens is 373 g/mol. The number of hydrogen-bond donors (Lipinski definition) is 2. The van der Waals surface area contributed by atoms with E-state index in [0.29, 0.717) is 29.6 Å². The molecule has 3 aromatic rings. The fourth-order valence-electron chi connectivity index (χ4n) is 2.85. The average Bonchev–Trinajstić information content (AvgIpc) is 3.07. The first-order valence-corrected chi connectivity index (χ1v) is 9.08. The molecule has 2 aromatic heterocycles. The lowest BCUT2D eigenvalue weighted by Gasteiger charge is -2.18. The van der Waals surface area contributed by atoms with E-state index in [1.54, 1.807) is 31.3 Å². The van der Waals surface area contributed by atoms with Crippen molar-refractivity contribution in [2.24, 2.45) is 0 Å². The third kappa shape index (κ3) is 4.55. The first-order valence-electron chi connectivity index (χ1n) is 8.32. The Morgan fingerprint density at radius 1 is 1.27 bits per heavy atom. The molecule has 0 spiro atoms. The molecule has 0 amide bonds. The number of ether oxygens (including phenoxy) is 1. The van der Waals surface area contributed by atoms with Crippen LogP contribution in [0.1, 0.15) is 18.1 Å². The van der Waals surface area contributed by atoms with E-state index in [1.165, 1.54) is 0 Å². The molecule has 0 aliphatic carbocycles. The third-order valence-electron chi connectivity index (χ3n) is 4.02. The Morgan fingerprint density at radius 2 is 2.04 bits per heavy atom. The van der Waals surface area contributed by atoms with Gasteiger partial charge in [0.25, 0.3) is 0 Å². The minimum atomic E-state index is -0.508. The van der Waals surface area contributed by atoms with Gasteiger partial charge in [0.2, 0.25) is 0 Å². The van der Waals surface area contributed by atoms with Gasteiger partial charge in [-0.1, -0.05) is 23.2 Å². The van der Waals surface area contributed by atoms with E-state index >= 15 is 0 Å². The van der Waals surface area contributed by atoms with Gasteiger partial charge in [-0.15, -0.1) is 0 Å². The Kier molecular flexibility index (Phi) is 6.14. The van der Waals surface area contributed by atoms with Crippen LogP contribution in [0.3, 0.4) is 0 Å². The quantitative estimate of drug-likeness (QED) is 0.594. The number of nitrogens with one attached hydrogen (secondary N) is 2. The van der Waals surface area contributed by atoms with E-state index in [-0.39, 0.29) is 5.97 Å². The van der Waals surface area contributed by atoms with Crippen LogP contribution in [0.25, 0.3) is 11.0 Å². The van der Waals surface area contributed by atoms with Crippen molar-refractivity contribution in [3.63, 3.8) is 0 Å². The van der Waals surface area contributed by atoms with Crippen molar-refractivity contribution in [2.75, 3.05) is 6.61 Å². The SMILES string of the molecule is CCOC(=O)C(Cc1cc(Cl)cc(Cl)c1)NCc1ccnc2[nH]ccc12. The molecule has 2 heterocycles. The molecule has 1 atom stereocenters. The number of hydrogen-bond acceptors (Lipinski definition) is 4. The summed E-state index contributed by atoms with van der Waals surface area (Å²) in [6.45, 7) is 2.62. The van der Waals surface area contributed by atoms with Crippen LogP contribution in [0.4, 0.5) is 0 Å². The Labute approximate surface area is 161 Å². The molecule has 0 aliphatic rings. The first kappa shape index (κ1) is 18.7. The monoisotopic (exact) mass is 391 g/mol. The van der Waals surface area contributed by atoms with Crippen LogP contribution in [0, 0.1) is 0 Å². The van der Waals surface area contributed by atoms with Crippen LogP contribution in [0.2, 0.25) is 10.0 Å². The number of carbonyl (C=O) groups is 1. The highest BCUT2D eigenvalue weighted by atomic mass is 35.5. The molecule has 0 saturated carbocycles. The van der Waals surface area contributed by atoms with Crippen molar-refractivity contribution in [3.8, 4) is 0 Å². The number of fused-ring (bicyclic) bond motifs is 1. The normalized spacial score (nSPS) is 12.3. The van der Waals surface area contributed by atoms with Crippen LogP contribution in [-0.2, 0) is 22.5 Å². The molecule has 0 saturated heterocycles. The molecule has 136 valence electrons. The molecule has 0 fully saturated rings. The van der Waals surface area contributed by atoms with E-state index in [0.717, 1.165) is 22.2 Å². The molecule has 5 nitrogen and oxygen atoms in total. The number of H-pyrrole nitrogens is 1. The van der Waals surface area contributed by atoms with Crippen LogP contribution in [0.5, 0.6) is 0 Å². The van der Waals surface area contributed by atoms with Crippen molar-refractivity contribution in [1.29, 1.82) is 0 Å². The van der Waals surface area contributed by atoms with Gasteiger partial charge in [-0.05, 0) is 54.8 Å². The van der Waals surface area contributed by atoms with Crippen molar-refractivity contribution in [2.45, 2.75) is 25.9 Å². The topological polar surface area (TPSA) is 67.0 Å². The number of aromatic nitrogens is 2. The van der Waals surface area contributed by atoms with Gasteiger partial charge in [-0.3, -0.25) is 10.1 Å². The van der Waals surface area contributed by atoms with E-state index in [9.17, 15) is 4.79 Å². The molecule has 26 heavy (non-hydrogen) atoms. The lowest BCUT2D eigenvalue weighted by atomic mass is 10.1. The fraction of sp³-hybridized carbons (Fsp3) is 0.263. The van der Waals surface area contributed by atoms with Crippen molar-refractivity contribution >= 4 is 40.2 Å². The number of rotatable bonds is 7. The molecule has 1 aromatic carbocycles. The summed E-state index contributed by atoms with van der Waals surface area (Å²) in [4.78, 5) is 19.7. The minimum absolute atomic E-state index is 0.303. The summed E-state index contributed by atoms with van der Waals surface area (Å²) in [6.07, 6.45) is 4.02. The van der Waals surface area contributed by atoms with Gasteiger partial charge in [0, 0.05) is 34.4 Å². The fourth-order valence-corrected chi connectivity index (χ4v) is 3.42. The number of aromatic amines is 1. The van der Waals surface area contributed by atoms with Crippen molar-refractivity contribution < 1.29 is 9.53 Å². The standard InChI is InChI=1S/C19H19Cl2N3O2/c1-2-26-19(25)17(9-12-7-14(20)10-15(21)8-12)24-11-13-3-5-22-18-16(13)4-6-23-18/h3-8,10,17,24H,2,9,11H2,1H3,(H,22,23). The zero-order chi connectivity index (χ0) is 18.5. The number of halogens is 2. The molecule has 0 radical (unpaired) electrons. The van der Waals surface area contributed by atoms with Crippen molar-refractivity contribution in [1.82, 2.24) is 15.3 Å². The smallest absolute Gasteiger partial charge is 0.323 e. The van der Waals surface area contributed by atoms with Crippen LogP contribution in [0.15, 0.2) is 42.7 Å². The van der Waals surface area contributed by atoms with Gasteiger partial charge < -0.3 is 9.72 Å². The summed E-state index contributed by atoms with van der Waals surface area (Å²) in [5.74, 6) is -0.303. The molecule has 1 unspecified atom stereocenters. The maximum atomic E-state index is 12.4. The zero-order valence-electron chi connectivity index (χ0n) is 14.3. The highest BCUT2D eigenvalue weighted by Gasteiger charge is 2.20. The Balaban J connectivity index is 1.77. The summed E-state index contributed by atoms with van der Waals surface area (Å²) in [7, 11) is 0. The molecule has 0 aliphatic heterocycles. The van der Waals surface area contributed by atoms with Gasteiger partial charge in [-0.25, -0.2) is 4.98 Å². The van der Waals surface area contributed by atoms with Gasteiger partial charge in [-0.2, -0.15) is 0 Å².